The van der Waals surface area contributed by atoms with Crippen molar-refractivity contribution in [3.05, 3.63) is 29.8 Å². The van der Waals surface area contributed by atoms with Crippen molar-refractivity contribution in [3.8, 4) is 0 Å². The third kappa shape index (κ3) is 6.84. The van der Waals surface area contributed by atoms with Gasteiger partial charge in [0.15, 0.2) is 5.11 Å². The van der Waals surface area contributed by atoms with Gasteiger partial charge in [0.2, 0.25) is 0 Å². The Morgan fingerprint density at radius 3 is 2.71 bits per heavy atom. The molecule has 1 aromatic rings. The average molecular weight is 349 g/mol. The maximum absolute atomic E-state index is 5.27. The summed E-state index contributed by atoms with van der Waals surface area (Å²) in [6.45, 7) is 6.61. The average Bonchev–Trinajstić information content (AvgIpc) is 2.63. The molecular formula is C18H28N4OS. The van der Waals surface area contributed by atoms with Gasteiger partial charge in [-0.1, -0.05) is 12.1 Å². The molecule has 6 heteroatoms. The summed E-state index contributed by atoms with van der Waals surface area (Å²) in [5, 5.41) is 7.81. The molecule has 1 heterocycles. The maximum atomic E-state index is 5.27. The van der Waals surface area contributed by atoms with Crippen LogP contribution in [0.5, 0.6) is 0 Å². The van der Waals surface area contributed by atoms with E-state index in [-0.39, 0.29) is 0 Å². The fourth-order valence-corrected chi connectivity index (χ4v) is 2.80. The first kappa shape index (κ1) is 18.7. The van der Waals surface area contributed by atoms with Gasteiger partial charge in [-0.05, 0) is 62.5 Å². The van der Waals surface area contributed by atoms with Crippen molar-refractivity contribution in [2.75, 3.05) is 37.7 Å². The Kier molecular flexibility index (Phi) is 8.55. The van der Waals surface area contributed by atoms with Gasteiger partial charge in [-0.3, -0.25) is 5.43 Å². The van der Waals surface area contributed by atoms with E-state index in [1.165, 1.54) is 24.9 Å². The summed E-state index contributed by atoms with van der Waals surface area (Å²) in [5.74, 6) is 0. The van der Waals surface area contributed by atoms with Gasteiger partial charge in [0, 0.05) is 38.5 Å². The second-order valence-corrected chi connectivity index (χ2v) is 6.22. The number of piperidine rings is 1. The zero-order valence-electron chi connectivity index (χ0n) is 14.5. The van der Waals surface area contributed by atoms with Gasteiger partial charge in [0.1, 0.15) is 0 Å². The highest BCUT2D eigenvalue weighted by Gasteiger charge is 2.10. The highest BCUT2D eigenvalue weighted by atomic mass is 32.1. The van der Waals surface area contributed by atoms with Gasteiger partial charge in [0.05, 0.1) is 6.21 Å². The summed E-state index contributed by atoms with van der Waals surface area (Å²) in [6.07, 6.45) is 6.66. The number of anilines is 1. The van der Waals surface area contributed by atoms with Crippen LogP contribution < -0.4 is 15.6 Å². The number of hydrazone groups is 1. The van der Waals surface area contributed by atoms with Crippen LogP contribution in [0, 0.1) is 0 Å². The quantitative estimate of drug-likeness (QED) is 0.327. The Bertz CT molecular complexity index is 512. The van der Waals surface area contributed by atoms with Crippen LogP contribution in [0.15, 0.2) is 29.4 Å². The van der Waals surface area contributed by atoms with Crippen LogP contribution in [-0.2, 0) is 4.74 Å². The molecule has 24 heavy (non-hydrogen) atoms. The van der Waals surface area contributed by atoms with E-state index >= 15 is 0 Å². The number of rotatable bonds is 8. The van der Waals surface area contributed by atoms with E-state index in [9.17, 15) is 0 Å². The number of hydrogen-bond acceptors (Lipinski definition) is 4. The topological polar surface area (TPSA) is 48.9 Å². The molecule has 0 bridgehead atoms. The summed E-state index contributed by atoms with van der Waals surface area (Å²) < 4.78 is 5.27. The molecule has 5 nitrogen and oxygen atoms in total. The minimum atomic E-state index is 0.535. The summed E-state index contributed by atoms with van der Waals surface area (Å²) in [6, 6.07) is 8.51. The maximum Gasteiger partial charge on any atom is 0.186 e. The minimum Gasteiger partial charge on any atom is -0.382 e. The second kappa shape index (κ2) is 11.0. The van der Waals surface area contributed by atoms with Gasteiger partial charge in [-0.2, -0.15) is 5.10 Å². The van der Waals surface area contributed by atoms with E-state index in [1.807, 2.05) is 6.92 Å². The zero-order chi connectivity index (χ0) is 17.0. The normalized spacial score (nSPS) is 14.8. The van der Waals surface area contributed by atoms with Crippen molar-refractivity contribution in [1.29, 1.82) is 0 Å². The Morgan fingerprint density at radius 1 is 1.25 bits per heavy atom. The lowest BCUT2D eigenvalue weighted by Crippen LogP contribution is -2.33. The molecule has 0 amide bonds. The van der Waals surface area contributed by atoms with Gasteiger partial charge in [0.25, 0.3) is 0 Å². The second-order valence-electron chi connectivity index (χ2n) is 5.82. The van der Waals surface area contributed by atoms with Crippen LogP contribution in [0.4, 0.5) is 5.69 Å². The van der Waals surface area contributed by atoms with Crippen molar-refractivity contribution in [2.24, 2.45) is 5.10 Å². The molecule has 2 rings (SSSR count). The van der Waals surface area contributed by atoms with Crippen molar-refractivity contribution < 1.29 is 4.74 Å². The van der Waals surface area contributed by atoms with E-state index in [2.05, 4.69) is 45.0 Å². The number of nitrogens with zero attached hydrogens (tertiary/aromatic N) is 2. The first-order valence-corrected chi connectivity index (χ1v) is 9.20. The first-order chi connectivity index (χ1) is 11.8. The van der Waals surface area contributed by atoms with Crippen LogP contribution in [-0.4, -0.2) is 44.2 Å². The van der Waals surface area contributed by atoms with Crippen LogP contribution in [0.25, 0.3) is 0 Å². The van der Waals surface area contributed by atoms with Gasteiger partial charge >= 0.3 is 0 Å². The predicted octanol–water partition coefficient (Wildman–Crippen LogP) is 2.90. The number of ether oxygens (including phenoxy) is 1. The highest BCUT2D eigenvalue weighted by molar-refractivity contribution is 7.80. The summed E-state index contributed by atoms with van der Waals surface area (Å²) in [7, 11) is 0. The molecule has 0 atom stereocenters. The Balaban J connectivity index is 1.68. The fourth-order valence-electron chi connectivity index (χ4n) is 2.65. The standard InChI is InChI=1S/C18H28N4OS/c1-2-23-14-6-11-19-18(24)21-20-15-16-7-9-17(10-8-16)22-12-4-3-5-13-22/h7-10,15H,2-6,11-14H2,1H3,(H2,19,21,24)/b20-15-. The van der Waals surface area contributed by atoms with E-state index in [1.54, 1.807) is 6.21 Å². The van der Waals surface area contributed by atoms with Crippen molar-refractivity contribution in [1.82, 2.24) is 10.7 Å². The Hall–Kier alpha value is -1.66. The van der Waals surface area contributed by atoms with Crippen LogP contribution >= 0.6 is 12.2 Å². The molecule has 1 aliphatic heterocycles. The van der Waals surface area contributed by atoms with E-state index in [0.717, 1.165) is 44.8 Å². The molecule has 0 aromatic heterocycles. The molecule has 1 aliphatic rings. The molecule has 0 radical (unpaired) electrons. The lowest BCUT2D eigenvalue weighted by molar-refractivity contribution is 0.145. The Labute approximate surface area is 150 Å². The van der Waals surface area contributed by atoms with Crippen molar-refractivity contribution >= 4 is 29.2 Å². The largest absolute Gasteiger partial charge is 0.382 e. The number of thiocarbonyl (C=S) groups is 1. The van der Waals surface area contributed by atoms with Crippen LogP contribution in [0.1, 0.15) is 38.2 Å². The number of benzene rings is 1. The van der Waals surface area contributed by atoms with E-state index < -0.39 is 0 Å². The molecule has 1 saturated heterocycles. The molecule has 132 valence electrons. The van der Waals surface area contributed by atoms with Gasteiger partial charge < -0.3 is 15.0 Å². The van der Waals surface area contributed by atoms with Crippen LogP contribution in [0.3, 0.4) is 0 Å². The SMILES string of the molecule is CCOCCCNC(=S)N/N=C\c1ccc(N2CCCCC2)cc1. The highest BCUT2D eigenvalue weighted by Crippen LogP contribution is 2.19. The van der Waals surface area contributed by atoms with E-state index in [0.29, 0.717) is 5.11 Å². The first-order valence-electron chi connectivity index (χ1n) is 8.79. The molecule has 2 N–H and O–H groups in total. The molecule has 0 spiro atoms. The Morgan fingerprint density at radius 2 is 2.00 bits per heavy atom. The van der Waals surface area contributed by atoms with Crippen molar-refractivity contribution in [2.45, 2.75) is 32.6 Å². The smallest absolute Gasteiger partial charge is 0.186 e. The van der Waals surface area contributed by atoms with Crippen molar-refractivity contribution in [3.63, 3.8) is 0 Å². The van der Waals surface area contributed by atoms with E-state index in [4.69, 9.17) is 17.0 Å². The monoisotopic (exact) mass is 348 g/mol. The third-order valence-corrected chi connectivity index (χ3v) is 4.18. The fraction of sp³-hybridized carbons (Fsp3) is 0.556. The molecule has 0 aliphatic carbocycles. The molecule has 0 saturated carbocycles. The van der Waals surface area contributed by atoms with Gasteiger partial charge in [-0.15, -0.1) is 0 Å². The summed E-state index contributed by atoms with van der Waals surface area (Å²) in [4.78, 5) is 2.45. The lowest BCUT2D eigenvalue weighted by atomic mass is 10.1. The number of nitrogens with one attached hydrogen (secondary N) is 2. The zero-order valence-corrected chi connectivity index (χ0v) is 15.3. The van der Waals surface area contributed by atoms with Crippen LogP contribution in [0.2, 0.25) is 0 Å². The lowest BCUT2D eigenvalue weighted by Gasteiger charge is -2.28. The molecular weight excluding hydrogens is 320 g/mol. The summed E-state index contributed by atoms with van der Waals surface area (Å²) in [5.41, 5.74) is 5.19. The minimum absolute atomic E-state index is 0.535. The number of hydrogen-bond donors (Lipinski definition) is 2. The third-order valence-electron chi connectivity index (χ3n) is 3.95. The summed E-state index contributed by atoms with van der Waals surface area (Å²) >= 11 is 5.17. The molecule has 1 fully saturated rings. The van der Waals surface area contributed by atoms with Gasteiger partial charge in [-0.25, -0.2) is 0 Å². The predicted molar refractivity (Wildman–Crippen MR) is 105 cm³/mol. The molecule has 0 unspecified atom stereocenters. The molecule has 1 aromatic carbocycles.